The minimum Gasteiger partial charge on any atom is -0.487 e. The van der Waals surface area contributed by atoms with Gasteiger partial charge in [0.1, 0.15) is 5.54 Å². The number of hydrogen-bond donors (Lipinski definition) is 1. The molecule has 0 aliphatic heterocycles. The Hall–Kier alpha value is -3.15. The first-order valence-corrected chi connectivity index (χ1v) is 8.11. The first-order valence-electron chi connectivity index (χ1n) is 8.11. The Labute approximate surface area is 150 Å². The number of nitro benzene ring substituents is 1. The number of nitriles is 1. The van der Waals surface area contributed by atoms with Gasteiger partial charge in [-0.3, -0.25) is 14.9 Å². The zero-order chi connectivity index (χ0) is 19.3. The second-order valence-corrected chi connectivity index (χ2v) is 6.09. The minimum absolute atomic E-state index is 0.0426. The van der Waals surface area contributed by atoms with Crippen molar-refractivity contribution in [3.63, 3.8) is 0 Å². The number of rotatable bonds is 8. The Kier molecular flexibility index (Phi) is 5.77. The van der Waals surface area contributed by atoms with Gasteiger partial charge in [-0.15, -0.1) is 0 Å². The SMILES string of the molecule is CCOc1ccc(C(=O)OCC(=O)N[C@](C)(C#N)C2CC2)cc1[N+](=O)[O-]. The molecule has 0 heterocycles. The van der Waals surface area contributed by atoms with Gasteiger partial charge in [-0.25, -0.2) is 4.79 Å². The highest BCUT2D eigenvalue weighted by Crippen LogP contribution is 2.39. The highest BCUT2D eigenvalue weighted by atomic mass is 16.6. The Morgan fingerprint density at radius 1 is 1.46 bits per heavy atom. The van der Waals surface area contributed by atoms with Crippen molar-refractivity contribution in [1.29, 1.82) is 5.26 Å². The molecule has 0 spiro atoms. The van der Waals surface area contributed by atoms with E-state index in [1.807, 2.05) is 0 Å². The number of hydrogen-bond acceptors (Lipinski definition) is 7. The number of amides is 1. The van der Waals surface area contributed by atoms with Gasteiger partial charge in [-0.05, 0) is 44.7 Å². The molecule has 0 bridgehead atoms. The maximum absolute atomic E-state index is 12.0. The zero-order valence-electron chi connectivity index (χ0n) is 14.5. The van der Waals surface area contributed by atoms with Crippen LogP contribution in [-0.2, 0) is 9.53 Å². The van der Waals surface area contributed by atoms with E-state index in [1.54, 1.807) is 13.8 Å². The molecule has 1 atom stereocenters. The molecule has 0 saturated heterocycles. The maximum Gasteiger partial charge on any atom is 0.338 e. The summed E-state index contributed by atoms with van der Waals surface area (Å²) in [5, 5.41) is 22.8. The summed E-state index contributed by atoms with van der Waals surface area (Å²) in [6, 6.07) is 5.73. The fourth-order valence-electron chi connectivity index (χ4n) is 2.49. The lowest BCUT2D eigenvalue weighted by Crippen LogP contribution is -2.48. The third-order valence-electron chi connectivity index (χ3n) is 4.05. The first-order chi connectivity index (χ1) is 12.3. The average Bonchev–Trinajstić information content (AvgIpc) is 3.45. The van der Waals surface area contributed by atoms with E-state index in [-0.39, 0.29) is 29.5 Å². The number of nitrogens with zero attached hydrogens (tertiary/aromatic N) is 2. The number of nitro groups is 1. The molecule has 1 aliphatic carbocycles. The third kappa shape index (κ3) is 4.47. The predicted molar refractivity (Wildman–Crippen MR) is 89.4 cm³/mol. The molecule has 1 fully saturated rings. The molecule has 1 aromatic carbocycles. The van der Waals surface area contributed by atoms with Crippen LogP contribution in [0.1, 0.15) is 37.0 Å². The molecule has 1 N–H and O–H groups in total. The summed E-state index contributed by atoms with van der Waals surface area (Å²) >= 11 is 0. The molecule has 2 rings (SSSR count). The predicted octanol–water partition coefficient (Wildman–Crippen LogP) is 1.96. The van der Waals surface area contributed by atoms with Gasteiger partial charge in [0.2, 0.25) is 0 Å². The normalized spacial score (nSPS) is 15.3. The molecule has 0 aromatic heterocycles. The van der Waals surface area contributed by atoms with Crippen molar-refractivity contribution in [2.45, 2.75) is 32.2 Å². The van der Waals surface area contributed by atoms with Gasteiger partial charge in [0.05, 0.1) is 23.2 Å². The van der Waals surface area contributed by atoms with Gasteiger partial charge in [-0.2, -0.15) is 5.26 Å². The summed E-state index contributed by atoms with van der Waals surface area (Å²) in [5.74, 6) is -1.34. The van der Waals surface area contributed by atoms with Crippen LogP contribution in [0.5, 0.6) is 5.75 Å². The number of ether oxygens (including phenoxy) is 2. The Balaban J connectivity index is 1.99. The Morgan fingerprint density at radius 3 is 2.69 bits per heavy atom. The van der Waals surface area contributed by atoms with Crippen LogP contribution >= 0.6 is 0 Å². The van der Waals surface area contributed by atoms with E-state index < -0.39 is 28.9 Å². The van der Waals surface area contributed by atoms with E-state index in [0.717, 1.165) is 18.9 Å². The van der Waals surface area contributed by atoms with E-state index >= 15 is 0 Å². The van der Waals surface area contributed by atoms with E-state index in [4.69, 9.17) is 9.47 Å². The summed E-state index contributed by atoms with van der Waals surface area (Å²) in [6.07, 6.45) is 1.72. The second kappa shape index (κ2) is 7.82. The van der Waals surface area contributed by atoms with Crippen LogP contribution < -0.4 is 10.1 Å². The standard InChI is InChI=1S/C17H19N3O6/c1-3-25-14-7-4-11(8-13(14)20(23)24)16(22)26-9-15(21)19-17(2,10-18)12-5-6-12/h4,7-8,12H,3,5-6,9H2,1-2H3,(H,19,21)/t17-/m1/s1. The fourth-order valence-corrected chi connectivity index (χ4v) is 2.49. The molecule has 1 saturated carbocycles. The first kappa shape index (κ1) is 19.2. The number of benzene rings is 1. The van der Waals surface area contributed by atoms with Crippen LogP contribution in [0.2, 0.25) is 0 Å². The molecular weight excluding hydrogens is 342 g/mol. The number of carbonyl (C=O) groups excluding carboxylic acids is 2. The molecule has 26 heavy (non-hydrogen) atoms. The van der Waals surface area contributed by atoms with Gasteiger partial charge in [0, 0.05) is 6.07 Å². The van der Waals surface area contributed by atoms with Crippen LogP contribution in [0.4, 0.5) is 5.69 Å². The van der Waals surface area contributed by atoms with Crippen LogP contribution in [-0.4, -0.2) is 35.6 Å². The minimum atomic E-state index is -0.985. The quantitative estimate of drug-likeness (QED) is 0.425. The van der Waals surface area contributed by atoms with E-state index in [9.17, 15) is 25.0 Å². The van der Waals surface area contributed by atoms with E-state index in [1.165, 1.54) is 12.1 Å². The molecule has 9 nitrogen and oxygen atoms in total. The topological polar surface area (TPSA) is 132 Å². The molecule has 9 heteroatoms. The number of esters is 1. The molecule has 0 radical (unpaired) electrons. The summed E-state index contributed by atoms with van der Waals surface area (Å²) in [7, 11) is 0. The van der Waals surface area contributed by atoms with Crippen molar-refractivity contribution in [3.8, 4) is 11.8 Å². The summed E-state index contributed by atoms with van der Waals surface area (Å²) in [6.45, 7) is 2.97. The van der Waals surface area contributed by atoms with Crippen LogP contribution in [0.3, 0.4) is 0 Å². The van der Waals surface area contributed by atoms with E-state index in [2.05, 4.69) is 11.4 Å². The van der Waals surface area contributed by atoms with Gasteiger partial charge >= 0.3 is 11.7 Å². The smallest absolute Gasteiger partial charge is 0.338 e. The van der Waals surface area contributed by atoms with Crippen molar-refractivity contribution < 1.29 is 24.0 Å². The highest BCUT2D eigenvalue weighted by molar-refractivity contribution is 5.92. The molecule has 1 amide bonds. The largest absolute Gasteiger partial charge is 0.487 e. The monoisotopic (exact) mass is 361 g/mol. The second-order valence-electron chi connectivity index (χ2n) is 6.09. The molecule has 1 aliphatic rings. The van der Waals surface area contributed by atoms with Crippen molar-refractivity contribution in [3.05, 3.63) is 33.9 Å². The molecule has 1 aromatic rings. The van der Waals surface area contributed by atoms with Crippen LogP contribution in [0, 0.1) is 27.4 Å². The molecular formula is C17H19N3O6. The summed E-state index contributed by atoms with van der Waals surface area (Å²) < 4.78 is 10.0. The summed E-state index contributed by atoms with van der Waals surface area (Å²) in [4.78, 5) is 34.4. The fraction of sp³-hybridized carbons (Fsp3) is 0.471. The number of nitrogens with one attached hydrogen (secondary N) is 1. The lowest BCUT2D eigenvalue weighted by Gasteiger charge is -2.22. The van der Waals surface area contributed by atoms with Crippen molar-refractivity contribution in [1.82, 2.24) is 5.32 Å². The van der Waals surface area contributed by atoms with Crippen molar-refractivity contribution >= 4 is 17.6 Å². The Bertz CT molecular complexity index is 768. The lowest BCUT2D eigenvalue weighted by atomic mass is 9.98. The van der Waals surface area contributed by atoms with Gasteiger partial charge in [0.25, 0.3) is 5.91 Å². The third-order valence-corrected chi connectivity index (χ3v) is 4.05. The number of carbonyl (C=O) groups is 2. The van der Waals surface area contributed by atoms with Crippen molar-refractivity contribution in [2.75, 3.05) is 13.2 Å². The van der Waals surface area contributed by atoms with Gasteiger partial charge in [-0.1, -0.05) is 0 Å². The highest BCUT2D eigenvalue weighted by Gasteiger charge is 2.43. The maximum atomic E-state index is 12.0. The Morgan fingerprint density at radius 2 is 2.15 bits per heavy atom. The molecule has 138 valence electrons. The van der Waals surface area contributed by atoms with Crippen LogP contribution in [0.15, 0.2) is 18.2 Å². The van der Waals surface area contributed by atoms with Gasteiger partial charge in [0.15, 0.2) is 12.4 Å². The van der Waals surface area contributed by atoms with Gasteiger partial charge < -0.3 is 14.8 Å². The summed E-state index contributed by atoms with van der Waals surface area (Å²) in [5.41, 5.74) is -1.42. The zero-order valence-corrected chi connectivity index (χ0v) is 14.5. The lowest BCUT2D eigenvalue weighted by molar-refractivity contribution is -0.385. The van der Waals surface area contributed by atoms with E-state index in [0.29, 0.717) is 0 Å². The molecule has 0 unspecified atom stereocenters. The average molecular weight is 361 g/mol. The van der Waals surface area contributed by atoms with Crippen LogP contribution in [0.25, 0.3) is 0 Å². The van der Waals surface area contributed by atoms with Crippen molar-refractivity contribution in [2.24, 2.45) is 5.92 Å².